The van der Waals surface area contributed by atoms with Gasteiger partial charge in [0, 0.05) is 16.1 Å². The van der Waals surface area contributed by atoms with Crippen LogP contribution in [0.4, 0.5) is 5.69 Å². The van der Waals surface area contributed by atoms with E-state index in [1.165, 1.54) is 42.7 Å². The number of methoxy groups -OCH3 is 1. The predicted octanol–water partition coefficient (Wildman–Crippen LogP) is 3.63. The zero-order valence-corrected chi connectivity index (χ0v) is 17.4. The Morgan fingerprint density at radius 3 is 2.55 bits per heavy atom. The number of carbonyl (C=O) groups is 1. The second-order valence-corrected chi connectivity index (χ2v) is 8.66. The van der Waals surface area contributed by atoms with Gasteiger partial charge in [-0.25, -0.2) is 13.8 Å². The molecule has 0 radical (unpaired) electrons. The van der Waals surface area contributed by atoms with E-state index in [-0.39, 0.29) is 10.5 Å². The molecule has 1 aromatic heterocycles. The summed E-state index contributed by atoms with van der Waals surface area (Å²) in [6.07, 6.45) is 1.56. The van der Waals surface area contributed by atoms with Crippen LogP contribution in [0.2, 0.25) is 0 Å². The monoisotopic (exact) mass is 429 g/mol. The fourth-order valence-electron chi connectivity index (χ4n) is 2.41. The van der Waals surface area contributed by atoms with E-state index < -0.39 is 15.9 Å². The van der Waals surface area contributed by atoms with Crippen LogP contribution in [0, 0.1) is 6.92 Å². The minimum Gasteiger partial charge on any atom is -0.497 e. The number of sulfonamides is 1. The van der Waals surface area contributed by atoms with Gasteiger partial charge >= 0.3 is 0 Å². The van der Waals surface area contributed by atoms with Crippen LogP contribution in [0.3, 0.4) is 0 Å². The number of benzene rings is 2. The number of rotatable bonds is 7. The van der Waals surface area contributed by atoms with Crippen molar-refractivity contribution in [2.24, 2.45) is 5.10 Å². The molecule has 2 N–H and O–H groups in total. The summed E-state index contributed by atoms with van der Waals surface area (Å²) >= 11 is 1.51. The molecule has 150 valence electrons. The molecule has 0 saturated heterocycles. The number of nitrogens with zero attached hydrogens (tertiary/aromatic N) is 1. The van der Waals surface area contributed by atoms with Gasteiger partial charge in [0.05, 0.1) is 18.2 Å². The first-order chi connectivity index (χ1) is 13.9. The molecular formula is C20H19N3O4S2. The zero-order chi connectivity index (χ0) is 20.9. The molecule has 0 aliphatic rings. The number of hydrogen-bond donors (Lipinski definition) is 2. The van der Waals surface area contributed by atoms with E-state index in [2.05, 4.69) is 15.2 Å². The number of hydrogen-bond acceptors (Lipinski definition) is 6. The summed E-state index contributed by atoms with van der Waals surface area (Å²) in [7, 11) is -2.33. The maximum atomic E-state index is 12.6. The molecule has 1 heterocycles. The Kier molecular flexibility index (Phi) is 6.30. The summed E-state index contributed by atoms with van der Waals surface area (Å²) in [6.45, 7) is 1.95. The van der Waals surface area contributed by atoms with Gasteiger partial charge in [-0.15, -0.1) is 11.3 Å². The molecule has 3 rings (SSSR count). The fourth-order valence-corrected chi connectivity index (χ4v) is 4.30. The summed E-state index contributed by atoms with van der Waals surface area (Å²) < 4.78 is 32.8. The Hall–Kier alpha value is -3.17. The molecule has 1 amide bonds. The molecule has 29 heavy (non-hydrogen) atoms. The Balaban J connectivity index is 1.72. The van der Waals surface area contributed by atoms with Crippen LogP contribution in [0.25, 0.3) is 0 Å². The van der Waals surface area contributed by atoms with Crippen LogP contribution in [0.5, 0.6) is 5.75 Å². The van der Waals surface area contributed by atoms with Crippen molar-refractivity contribution in [3.63, 3.8) is 0 Å². The van der Waals surface area contributed by atoms with E-state index in [0.717, 1.165) is 10.4 Å². The second-order valence-electron chi connectivity index (χ2n) is 6.03. The molecule has 2 aromatic carbocycles. The zero-order valence-electron chi connectivity index (χ0n) is 15.7. The highest BCUT2D eigenvalue weighted by Crippen LogP contribution is 2.20. The van der Waals surface area contributed by atoms with E-state index in [0.29, 0.717) is 11.4 Å². The van der Waals surface area contributed by atoms with Crippen molar-refractivity contribution in [1.82, 2.24) is 5.43 Å². The Bertz CT molecular complexity index is 1140. The first-order valence-electron chi connectivity index (χ1n) is 8.53. The molecular weight excluding hydrogens is 410 g/mol. The molecule has 9 heteroatoms. The van der Waals surface area contributed by atoms with Gasteiger partial charge < -0.3 is 4.74 Å². The van der Waals surface area contributed by atoms with Gasteiger partial charge in [-0.05, 0) is 66.4 Å². The van der Waals surface area contributed by atoms with Crippen molar-refractivity contribution >= 4 is 39.2 Å². The van der Waals surface area contributed by atoms with Crippen LogP contribution < -0.4 is 14.9 Å². The summed E-state index contributed by atoms with van der Waals surface area (Å²) in [5.41, 5.74) is 4.04. The maximum Gasteiger partial charge on any atom is 0.271 e. The number of ether oxygens (including phenoxy) is 1. The first-order valence-corrected chi connectivity index (χ1v) is 10.9. The maximum absolute atomic E-state index is 12.6. The van der Waals surface area contributed by atoms with E-state index in [4.69, 9.17) is 4.74 Å². The van der Waals surface area contributed by atoms with Crippen molar-refractivity contribution in [3.8, 4) is 5.75 Å². The normalized spacial score (nSPS) is 11.4. The SMILES string of the molecule is COc1ccc(NS(=O)(=O)c2cccc(C(=O)N/N=C/c3sccc3C)c2)cc1. The molecule has 0 saturated carbocycles. The van der Waals surface area contributed by atoms with Crippen molar-refractivity contribution in [3.05, 3.63) is 76.0 Å². The first kappa shape index (κ1) is 20.6. The van der Waals surface area contributed by atoms with E-state index in [1.807, 2.05) is 18.4 Å². The third-order valence-corrected chi connectivity index (χ3v) is 6.33. The number of carbonyl (C=O) groups excluding carboxylic acids is 1. The summed E-state index contributed by atoms with van der Waals surface area (Å²) in [4.78, 5) is 13.2. The molecule has 0 unspecified atom stereocenters. The minimum atomic E-state index is -3.86. The third kappa shape index (κ3) is 5.21. The molecule has 0 aliphatic carbocycles. The van der Waals surface area contributed by atoms with Crippen LogP contribution in [0.1, 0.15) is 20.8 Å². The van der Waals surface area contributed by atoms with Crippen LogP contribution in [0.15, 0.2) is 70.0 Å². The standard InChI is InChI=1S/C20H19N3O4S2/c1-14-10-11-28-19(14)13-21-22-20(24)15-4-3-5-18(12-15)29(25,26)23-16-6-8-17(27-2)9-7-16/h3-13,23H,1-2H3,(H,22,24)/b21-13+. The average Bonchev–Trinajstić information content (AvgIpc) is 3.13. The van der Waals surface area contributed by atoms with Gasteiger partial charge in [0.2, 0.25) is 0 Å². The summed E-state index contributed by atoms with van der Waals surface area (Å²) in [5.74, 6) is 0.113. The molecule has 0 aliphatic heterocycles. The minimum absolute atomic E-state index is 0.0287. The van der Waals surface area contributed by atoms with Gasteiger partial charge in [-0.1, -0.05) is 6.07 Å². The molecule has 0 fully saturated rings. The van der Waals surface area contributed by atoms with Gasteiger partial charge in [0.1, 0.15) is 5.75 Å². The largest absolute Gasteiger partial charge is 0.497 e. The number of aryl methyl sites for hydroxylation is 1. The Morgan fingerprint density at radius 1 is 1.14 bits per heavy atom. The van der Waals surface area contributed by atoms with Crippen LogP contribution >= 0.6 is 11.3 Å². The van der Waals surface area contributed by atoms with Crippen molar-refractivity contribution in [2.45, 2.75) is 11.8 Å². The Morgan fingerprint density at radius 2 is 1.90 bits per heavy atom. The van der Waals surface area contributed by atoms with Crippen LogP contribution in [-0.2, 0) is 10.0 Å². The van der Waals surface area contributed by atoms with Crippen molar-refractivity contribution in [1.29, 1.82) is 0 Å². The fraction of sp³-hybridized carbons (Fsp3) is 0.100. The highest BCUT2D eigenvalue weighted by Gasteiger charge is 2.16. The number of amides is 1. The van der Waals surface area contributed by atoms with E-state index in [9.17, 15) is 13.2 Å². The van der Waals surface area contributed by atoms with Crippen LogP contribution in [-0.4, -0.2) is 27.6 Å². The number of hydrazone groups is 1. The third-order valence-electron chi connectivity index (χ3n) is 4.00. The Labute approximate surface area is 173 Å². The van der Waals surface area contributed by atoms with Gasteiger partial charge in [0.15, 0.2) is 0 Å². The lowest BCUT2D eigenvalue weighted by molar-refractivity contribution is 0.0955. The molecule has 0 spiro atoms. The molecule has 7 nitrogen and oxygen atoms in total. The molecule has 0 bridgehead atoms. The lowest BCUT2D eigenvalue weighted by atomic mass is 10.2. The van der Waals surface area contributed by atoms with E-state index in [1.54, 1.807) is 30.5 Å². The smallest absolute Gasteiger partial charge is 0.271 e. The lowest BCUT2D eigenvalue weighted by Crippen LogP contribution is -2.19. The molecule has 0 atom stereocenters. The predicted molar refractivity (Wildman–Crippen MR) is 114 cm³/mol. The number of anilines is 1. The van der Waals surface area contributed by atoms with E-state index >= 15 is 0 Å². The summed E-state index contributed by atoms with van der Waals surface area (Å²) in [6, 6.07) is 14.2. The second kappa shape index (κ2) is 8.89. The lowest BCUT2D eigenvalue weighted by Gasteiger charge is -2.09. The highest BCUT2D eigenvalue weighted by atomic mass is 32.2. The summed E-state index contributed by atoms with van der Waals surface area (Å²) in [5, 5.41) is 5.87. The average molecular weight is 430 g/mol. The van der Waals surface area contributed by atoms with Gasteiger partial charge in [-0.2, -0.15) is 5.10 Å². The van der Waals surface area contributed by atoms with Gasteiger partial charge in [0.25, 0.3) is 15.9 Å². The van der Waals surface area contributed by atoms with Crippen molar-refractivity contribution in [2.75, 3.05) is 11.8 Å². The molecule has 3 aromatic rings. The number of nitrogens with one attached hydrogen (secondary N) is 2. The van der Waals surface area contributed by atoms with Gasteiger partial charge in [-0.3, -0.25) is 9.52 Å². The van der Waals surface area contributed by atoms with Crippen molar-refractivity contribution < 1.29 is 17.9 Å². The number of thiophene rings is 1. The quantitative estimate of drug-likeness (QED) is 0.443. The topological polar surface area (TPSA) is 96.9 Å². The highest BCUT2D eigenvalue weighted by molar-refractivity contribution is 7.92.